The summed E-state index contributed by atoms with van der Waals surface area (Å²) in [5, 5.41) is 12.0. The zero-order valence-electron chi connectivity index (χ0n) is 12.5. The minimum atomic E-state index is -0.822. The normalized spacial score (nSPS) is 21.3. The highest BCUT2D eigenvalue weighted by molar-refractivity contribution is 5.78. The third kappa shape index (κ3) is 3.74. The van der Waals surface area contributed by atoms with Crippen LogP contribution in [0.15, 0.2) is 24.3 Å². The number of rotatable bonds is 4. The molecule has 5 heteroatoms. The number of hydrogen-bond acceptors (Lipinski definition) is 2. The van der Waals surface area contributed by atoms with E-state index in [9.17, 15) is 9.59 Å². The van der Waals surface area contributed by atoms with E-state index < -0.39 is 11.9 Å². The van der Waals surface area contributed by atoms with Gasteiger partial charge in [-0.3, -0.25) is 4.79 Å². The lowest BCUT2D eigenvalue weighted by Crippen LogP contribution is -2.44. The second-order valence-corrected chi connectivity index (χ2v) is 5.64. The summed E-state index contributed by atoms with van der Waals surface area (Å²) in [7, 11) is 0. The Balaban J connectivity index is 1.81. The Bertz CT molecular complexity index is 530. The molecule has 21 heavy (non-hydrogen) atoms. The van der Waals surface area contributed by atoms with Gasteiger partial charge in [0, 0.05) is 19.1 Å². The molecular formula is C16H22N2O3. The Hall–Kier alpha value is -2.04. The minimum Gasteiger partial charge on any atom is -0.481 e. The predicted molar refractivity (Wildman–Crippen MR) is 80.2 cm³/mol. The fourth-order valence-corrected chi connectivity index (χ4v) is 2.84. The van der Waals surface area contributed by atoms with Crippen molar-refractivity contribution in [1.29, 1.82) is 0 Å². The first-order valence-corrected chi connectivity index (χ1v) is 7.32. The molecule has 2 amide bonds. The summed E-state index contributed by atoms with van der Waals surface area (Å²) in [4.78, 5) is 24.8. The molecule has 0 aromatic heterocycles. The van der Waals surface area contributed by atoms with Crippen molar-refractivity contribution in [2.24, 2.45) is 5.92 Å². The average molecular weight is 290 g/mol. The van der Waals surface area contributed by atoms with Gasteiger partial charge in [0.2, 0.25) is 0 Å². The number of nitrogens with zero attached hydrogens (tertiary/aromatic N) is 1. The van der Waals surface area contributed by atoms with Crippen LogP contribution in [0.4, 0.5) is 4.79 Å². The fraction of sp³-hybridized carbons (Fsp3) is 0.500. The van der Waals surface area contributed by atoms with Crippen LogP contribution in [0.25, 0.3) is 0 Å². The van der Waals surface area contributed by atoms with Crippen molar-refractivity contribution in [3.8, 4) is 0 Å². The highest BCUT2D eigenvalue weighted by Crippen LogP contribution is 2.24. The summed E-state index contributed by atoms with van der Waals surface area (Å²) in [6.07, 6.45) is 1.31. The molecule has 2 atom stereocenters. The predicted octanol–water partition coefficient (Wildman–Crippen LogP) is 2.04. The lowest BCUT2D eigenvalue weighted by Gasteiger charge is -2.23. The largest absolute Gasteiger partial charge is 0.481 e. The van der Waals surface area contributed by atoms with Gasteiger partial charge in [0.25, 0.3) is 0 Å². The van der Waals surface area contributed by atoms with Gasteiger partial charge in [0.05, 0.1) is 5.92 Å². The minimum absolute atomic E-state index is 0.168. The van der Waals surface area contributed by atoms with Gasteiger partial charge in [-0.25, -0.2) is 4.79 Å². The highest BCUT2D eigenvalue weighted by Gasteiger charge is 2.37. The van der Waals surface area contributed by atoms with Gasteiger partial charge in [-0.05, 0) is 32.3 Å². The number of likely N-dealkylation sites (tertiary alicyclic amines) is 1. The van der Waals surface area contributed by atoms with Crippen LogP contribution in [0.5, 0.6) is 0 Å². The first-order valence-electron chi connectivity index (χ1n) is 7.32. The Labute approximate surface area is 125 Å². The van der Waals surface area contributed by atoms with E-state index in [1.807, 2.05) is 25.1 Å². The van der Waals surface area contributed by atoms with Crippen LogP contribution in [0.3, 0.4) is 0 Å². The topological polar surface area (TPSA) is 69.6 Å². The first-order chi connectivity index (χ1) is 9.99. The maximum absolute atomic E-state index is 12.1. The van der Waals surface area contributed by atoms with Crippen LogP contribution < -0.4 is 5.32 Å². The fourth-order valence-electron chi connectivity index (χ4n) is 2.84. The molecule has 1 aliphatic rings. The number of amides is 2. The average Bonchev–Trinajstić information content (AvgIpc) is 2.80. The summed E-state index contributed by atoms with van der Waals surface area (Å²) in [6, 6.07) is 7.77. The highest BCUT2D eigenvalue weighted by atomic mass is 16.4. The van der Waals surface area contributed by atoms with Crippen molar-refractivity contribution in [3.05, 3.63) is 35.4 Å². The number of carbonyl (C=O) groups excluding carboxylic acids is 1. The number of carboxylic acids is 1. The summed E-state index contributed by atoms with van der Waals surface area (Å²) in [5.74, 6) is -1.27. The van der Waals surface area contributed by atoms with Crippen molar-refractivity contribution >= 4 is 12.0 Å². The molecule has 1 aliphatic heterocycles. The van der Waals surface area contributed by atoms with Gasteiger partial charge >= 0.3 is 12.0 Å². The van der Waals surface area contributed by atoms with Crippen molar-refractivity contribution in [1.82, 2.24) is 10.2 Å². The molecule has 5 nitrogen and oxygen atoms in total. The van der Waals surface area contributed by atoms with Gasteiger partial charge in [0.15, 0.2) is 0 Å². The van der Waals surface area contributed by atoms with E-state index in [2.05, 4.69) is 11.4 Å². The second kappa shape index (κ2) is 6.61. The molecule has 0 saturated carbocycles. The molecular weight excluding hydrogens is 268 g/mol. The number of aryl methyl sites for hydroxylation is 1. The molecule has 1 saturated heterocycles. The molecule has 0 bridgehead atoms. The first kappa shape index (κ1) is 15.4. The van der Waals surface area contributed by atoms with E-state index in [1.54, 1.807) is 11.8 Å². The van der Waals surface area contributed by atoms with Gasteiger partial charge in [-0.2, -0.15) is 0 Å². The molecule has 0 aliphatic carbocycles. The van der Waals surface area contributed by atoms with Gasteiger partial charge in [-0.15, -0.1) is 0 Å². The molecule has 114 valence electrons. The third-order valence-electron chi connectivity index (χ3n) is 4.11. The number of nitrogens with one attached hydrogen (secondary N) is 1. The number of hydrogen-bond donors (Lipinski definition) is 2. The number of aliphatic carboxylic acids is 1. The quantitative estimate of drug-likeness (QED) is 0.891. The van der Waals surface area contributed by atoms with E-state index in [4.69, 9.17) is 5.11 Å². The van der Waals surface area contributed by atoms with E-state index >= 15 is 0 Å². The van der Waals surface area contributed by atoms with Crippen LogP contribution in [0.2, 0.25) is 0 Å². The SMILES string of the molecule is Cc1cccc(CCNC(=O)N2CCC(C(=O)O)C2C)c1. The molecule has 1 fully saturated rings. The van der Waals surface area contributed by atoms with Crippen LogP contribution in [-0.2, 0) is 11.2 Å². The Kier molecular flexibility index (Phi) is 4.83. The van der Waals surface area contributed by atoms with Crippen molar-refractivity contribution < 1.29 is 14.7 Å². The molecule has 2 rings (SSSR count). The number of carboxylic acid groups (broad SMARTS) is 1. The molecule has 1 aromatic carbocycles. The standard InChI is InChI=1S/C16H22N2O3/c1-11-4-3-5-13(10-11)6-8-17-16(21)18-9-7-14(12(18)2)15(19)20/h3-5,10,12,14H,6-9H2,1-2H3,(H,17,21)(H,19,20). The molecule has 0 spiro atoms. The monoisotopic (exact) mass is 290 g/mol. The van der Waals surface area contributed by atoms with Crippen LogP contribution in [0, 0.1) is 12.8 Å². The maximum atomic E-state index is 12.1. The van der Waals surface area contributed by atoms with Crippen LogP contribution in [-0.4, -0.2) is 41.1 Å². The van der Waals surface area contributed by atoms with E-state index in [1.165, 1.54) is 11.1 Å². The summed E-state index contributed by atoms with van der Waals surface area (Å²) >= 11 is 0. The molecule has 0 radical (unpaired) electrons. The van der Waals surface area contributed by atoms with Crippen molar-refractivity contribution in [3.63, 3.8) is 0 Å². The van der Waals surface area contributed by atoms with E-state index in [-0.39, 0.29) is 12.1 Å². The Morgan fingerprint density at radius 2 is 2.19 bits per heavy atom. The van der Waals surface area contributed by atoms with Gasteiger partial charge in [0.1, 0.15) is 0 Å². The summed E-state index contributed by atoms with van der Waals surface area (Å²) in [5.41, 5.74) is 2.39. The van der Waals surface area contributed by atoms with Crippen molar-refractivity contribution in [2.45, 2.75) is 32.7 Å². The molecule has 1 aromatic rings. The Morgan fingerprint density at radius 3 is 2.81 bits per heavy atom. The van der Waals surface area contributed by atoms with E-state index in [0.29, 0.717) is 19.5 Å². The van der Waals surface area contributed by atoms with Crippen LogP contribution >= 0.6 is 0 Å². The third-order valence-corrected chi connectivity index (χ3v) is 4.11. The zero-order chi connectivity index (χ0) is 15.4. The lowest BCUT2D eigenvalue weighted by molar-refractivity contribution is -0.142. The van der Waals surface area contributed by atoms with Crippen LogP contribution in [0.1, 0.15) is 24.5 Å². The number of benzene rings is 1. The maximum Gasteiger partial charge on any atom is 0.317 e. The molecule has 2 unspecified atom stereocenters. The summed E-state index contributed by atoms with van der Waals surface area (Å²) < 4.78 is 0. The molecule has 2 N–H and O–H groups in total. The second-order valence-electron chi connectivity index (χ2n) is 5.64. The van der Waals surface area contributed by atoms with Gasteiger partial charge < -0.3 is 15.3 Å². The molecule has 1 heterocycles. The van der Waals surface area contributed by atoms with Gasteiger partial charge in [-0.1, -0.05) is 29.8 Å². The smallest absolute Gasteiger partial charge is 0.317 e. The lowest BCUT2D eigenvalue weighted by atomic mass is 10.0. The number of carbonyl (C=O) groups is 2. The number of urea groups is 1. The zero-order valence-corrected chi connectivity index (χ0v) is 12.5. The summed E-state index contributed by atoms with van der Waals surface area (Å²) in [6.45, 7) is 4.91. The van der Waals surface area contributed by atoms with E-state index in [0.717, 1.165) is 6.42 Å². The van der Waals surface area contributed by atoms with Crippen molar-refractivity contribution in [2.75, 3.05) is 13.1 Å². The Morgan fingerprint density at radius 1 is 1.43 bits per heavy atom.